The van der Waals surface area contributed by atoms with Gasteiger partial charge >= 0.3 is 11.9 Å². The average Bonchev–Trinajstić information content (AvgIpc) is 2.84. The van der Waals surface area contributed by atoms with E-state index in [9.17, 15) is 14.9 Å². The molecule has 0 saturated carbocycles. The molecular formula is C22H25N3O9. The molecule has 12 heteroatoms. The summed E-state index contributed by atoms with van der Waals surface area (Å²) in [4.78, 5) is 45.7. The number of hydrogen-bond donors (Lipinski definition) is 2. The summed E-state index contributed by atoms with van der Waals surface area (Å²) < 4.78 is 10.7. The molecule has 3 rings (SSSR count). The first-order valence-corrected chi connectivity index (χ1v) is 10.1. The minimum Gasteiger partial charge on any atom is -0.496 e. The Kier molecular flexibility index (Phi) is 9.32. The van der Waals surface area contributed by atoms with Gasteiger partial charge in [0.05, 0.1) is 19.1 Å². The Bertz CT molecular complexity index is 1020. The van der Waals surface area contributed by atoms with E-state index < -0.39 is 11.9 Å². The van der Waals surface area contributed by atoms with Crippen LogP contribution in [0.25, 0.3) is 0 Å². The van der Waals surface area contributed by atoms with E-state index in [1.807, 2.05) is 6.07 Å². The Morgan fingerprint density at radius 2 is 1.47 bits per heavy atom. The first kappa shape index (κ1) is 26.1. The molecule has 0 bridgehead atoms. The number of amides is 1. The number of non-ortho nitro benzene ring substituents is 1. The van der Waals surface area contributed by atoms with Gasteiger partial charge in [-0.15, -0.1) is 0 Å². The number of ether oxygens (including phenoxy) is 2. The van der Waals surface area contributed by atoms with Gasteiger partial charge in [-0.3, -0.25) is 19.8 Å². The summed E-state index contributed by atoms with van der Waals surface area (Å²) >= 11 is 0. The molecule has 1 saturated heterocycles. The summed E-state index contributed by atoms with van der Waals surface area (Å²) in [7, 11) is 3.06. The van der Waals surface area contributed by atoms with E-state index in [2.05, 4.69) is 4.90 Å². The van der Waals surface area contributed by atoms with Gasteiger partial charge in [-0.05, 0) is 17.7 Å². The van der Waals surface area contributed by atoms with Crippen LogP contribution in [-0.4, -0.2) is 83.2 Å². The second-order valence-electron chi connectivity index (χ2n) is 7.14. The highest BCUT2D eigenvalue weighted by Crippen LogP contribution is 2.30. The molecule has 1 aliphatic heterocycles. The van der Waals surface area contributed by atoms with E-state index in [0.717, 1.165) is 5.56 Å². The minimum atomic E-state index is -1.82. The molecule has 1 fully saturated rings. The zero-order valence-corrected chi connectivity index (χ0v) is 18.7. The maximum absolute atomic E-state index is 13.0. The number of rotatable bonds is 6. The van der Waals surface area contributed by atoms with Gasteiger partial charge in [0.1, 0.15) is 17.1 Å². The quantitative estimate of drug-likeness (QED) is 0.358. The molecule has 2 aromatic rings. The zero-order chi connectivity index (χ0) is 25.3. The number of aliphatic carboxylic acids is 2. The molecule has 0 atom stereocenters. The number of hydrogen-bond acceptors (Lipinski definition) is 8. The maximum atomic E-state index is 13.0. The number of benzene rings is 2. The van der Waals surface area contributed by atoms with Crippen molar-refractivity contribution in [2.45, 2.75) is 6.54 Å². The second-order valence-corrected chi connectivity index (χ2v) is 7.14. The third kappa shape index (κ3) is 6.90. The smallest absolute Gasteiger partial charge is 0.414 e. The highest BCUT2D eigenvalue weighted by molar-refractivity contribution is 6.27. The van der Waals surface area contributed by atoms with Crippen LogP contribution in [0.15, 0.2) is 42.5 Å². The summed E-state index contributed by atoms with van der Waals surface area (Å²) in [6.07, 6.45) is 0. The Labute approximate surface area is 195 Å². The molecule has 0 aromatic heterocycles. The Morgan fingerprint density at radius 3 is 1.94 bits per heavy atom. The number of carboxylic acids is 2. The molecule has 0 aliphatic carbocycles. The van der Waals surface area contributed by atoms with E-state index in [0.29, 0.717) is 49.8 Å². The van der Waals surface area contributed by atoms with Gasteiger partial charge in [0, 0.05) is 44.9 Å². The summed E-state index contributed by atoms with van der Waals surface area (Å²) in [6, 6.07) is 11.9. The summed E-state index contributed by atoms with van der Waals surface area (Å²) in [5.74, 6) is -2.79. The predicted molar refractivity (Wildman–Crippen MR) is 119 cm³/mol. The lowest BCUT2D eigenvalue weighted by molar-refractivity contribution is -0.384. The van der Waals surface area contributed by atoms with Crippen LogP contribution in [0.4, 0.5) is 5.69 Å². The van der Waals surface area contributed by atoms with Gasteiger partial charge in [0.15, 0.2) is 0 Å². The molecule has 34 heavy (non-hydrogen) atoms. The van der Waals surface area contributed by atoms with E-state index in [-0.39, 0.29) is 16.5 Å². The van der Waals surface area contributed by atoms with E-state index in [4.69, 9.17) is 29.3 Å². The zero-order valence-electron chi connectivity index (χ0n) is 18.7. The van der Waals surface area contributed by atoms with Crippen LogP contribution < -0.4 is 9.47 Å². The van der Waals surface area contributed by atoms with Crippen LogP contribution in [0.1, 0.15) is 15.9 Å². The molecule has 12 nitrogen and oxygen atoms in total. The van der Waals surface area contributed by atoms with E-state index in [1.54, 1.807) is 35.2 Å². The molecular weight excluding hydrogens is 450 g/mol. The molecule has 1 heterocycles. The molecule has 1 amide bonds. The lowest BCUT2D eigenvalue weighted by atomic mass is 10.1. The van der Waals surface area contributed by atoms with E-state index in [1.165, 1.54) is 20.3 Å². The Balaban J connectivity index is 0.000000604. The Morgan fingerprint density at radius 1 is 0.941 bits per heavy atom. The van der Waals surface area contributed by atoms with Crippen molar-refractivity contribution in [1.82, 2.24) is 9.80 Å². The molecule has 0 radical (unpaired) electrons. The van der Waals surface area contributed by atoms with Crippen molar-refractivity contribution in [3.63, 3.8) is 0 Å². The van der Waals surface area contributed by atoms with Gasteiger partial charge in [-0.25, -0.2) is 9.59 Å². The number of nitro benzene ring substituents is 1. The Hall–Kier alpha value is -4.19. The fraction of sp³-hybridized carbons (Fsp3) is 0.318. The number of carbonyl (C=O) groups excluding carboxylic acids is 1. The van der Waals surface area contributed by atoms with Crippen molar-refractivity contribution in [3.05, 3.63) is 63.7 Å². The van der Waals surface area contributed by atoms with Crippen LogP contribution in [0, 0.1) is 10.1 Å². The lowest BCUT2D eigenvalue weighted by Gasteiger charge is -2.35. The number of methoxy groups -OCH3 is 2. The summed E-state index contributed by atoms with van der Waals surface area (Å²) in [6.45, 7) is 3.11. The monoisotopic (exact) mass is 475 g/mol. The number of carboxylic acid groups (broad SMARTS) is 2. The van der Waals surface area contributed by atoms with Gasteiger partial charge in [0.25, 0.3) is 11.6 Å². The largest absolute Gasteiger partial charge is 0.496 e. The van der Waals surface area contributed by atoms with Crippen LogP contribution in [-0.2, 0) is 16.1 Å². The van der Waals surface area contributed by atoms with Crippen molar-refractivity contribution in [2.75, 3.05) is 40.4 Å². The predicted octanol–water partition coefficient (Wildman–Crippen LogP) is 1.73. The fourth-order valence-electron chi connectivity index (χ4n) is 3.36. The van der Waals surface area contributed by atoms with Gasteiger partial charge in [-0.2, -0.15) is 0 Å². The van der Waals surface area contributed by atoms with Crippen molar-refractivity contribution < 1.29 is 39.0 Å². The van der Waals surface area contributed by atoms with Gasteiger partial charge in [0.2, 0.25) is 0 Å². The molecule has 182 valence electrons. The average molecular weight is 475 g/mol. The van der Waals surface area contributed by atoms with Crippen LogP contribution >= 0.6 is 0 Å². The van der Waals surface area contributed by atoms with Gasteiger partial charge in [-0.1, -0.05) is 18.2 Å². The standard InChI is InChI=1S/C20H23N3O5.C2H2O4/c1-27-17-7-4-8-18(28-2)19(17)20(24)22-11-9-21(10-12-22)14-15-5-3-6-16(13-15)23(25)26;3-1(4)2(5)6/h3-8,13H,9-12,14H2,1-2H3;(H,3,4)(H,5,6). The first-order valence-electron chi connectivity index (χ1n) is 10.1. The molecule has 0 spiro atoms. The first-order chi connectivity index (χ1) is 16.2. The second kappa shape index (κ2) is 12.2. The minimum absolute atomic E-state index is 0.0922. The van der Waals surface area contributed by atoms with Crippen LogP contribution in [0.3, 0.4) is 0 Å². The van der Waals surface area contributed by atoms with Gasteiger partial charge < -0.3 is 24.6 Å². The number of piperazine rings is 1. The lowest BCUT2D eigenvalue weighted by Crippen LogP contribution is -2.48. The molecule has 2 N–H and O–H groups in total. The molecule has 1 aliphatic rings. The molecule has 0 unspecified atom stereocenters. The summed E-state index contributed by atoms with van der Waals surface area (Å²) in [5, 5.41) is 25.7. The maximum Gasteiger partial charge on any atom is 0.414 e. The van der Waals surface area contributed by atoms with Crippen LogP contribution in [0.5, 0.6) is 11.5 Å². The SMILES string of the molecule is COc1cccc(OC)c1C(=O)N1CCN(Cc2cccc([N+](=O)[O-])c2)CC1.O=C(O)C(=O)O. The van der Waals surface area contributed by atoms with Crippen molar-refractivity contribution in [2.24, 2.45) is 0 Å². The third-order valence-electron chi connectivity index (χ3n) is 5.01. The van der Waals surface area contributed by atoms with E-state index >= 15 is 0 Å². The third-order valence-corrected chi connectivity index (χ3v) is 5.01. The number of nitrogens with zero attached hydrogens (tertiary/aromatic N) is 3. The number of carbonyl (C=O) groups is 3. The fourth-order valence-corrected chi connectivity index (χ4v) is 3.36. The van der Waals surface area contributed by atoms with Crippen molar-refractivity contribution in [1.29, 1.82) is 0 Å². The highest BCUT2D eigenvalue weighted by Gasteiger charge is 2.27. The number of nitro groups is 1. The molecule has 2 aromatic carbocycles. The van der Waals surface area contributed by atoms with Crippen molar-refractivity contribution >= 4 is 23.5 Å². The van der Waals surface area contributed by atoms with Crippen molar-refractivity contribution in [3.8, 4) is 11.5 Å². The highest BCUT2D eigenvalue weighted by atomic mass is 16.6. The van der Waals surface area contributed by atoms with Crippen LogP contribution in [0.2, 0.25) is 0 Å². The summed E-state index contributed by atoms with van der Waals surface area (Å²) in [5.41, 5.74) is 1.41. The topological polar surface area (TPSA) is 160 Å². The normalized spacial score (nSPS) is 13.3.